The number of ether oxygens (including phenoxy) is 1. The Kier molecular flexibility index (Phi) is 5.41. The van der Waals surface area contributed by atoms with Crippen molar-refractivity contribution >= 4 is 21.5 Å². The number of sulfone groups is 1. The van der Waals surface area contributed by atoms with E-state index in [0.717, 1.165) is 12.1 Å². The smallest absolute Gasteiger partial charge is 0.341 e. The fourth-order valence-electron chi connectivity index (χ4n) is 1.86. The van der Waals surface area contributed by atoms with E-state index in [1.165, 1.54) is 19.2 Å². The maximum absolute atomic E-state index is 12.5. The molecule has 0 aliphatic carbocycles. The molecule has 0 aromatic heterocycles. The number of anilines is 1. The van der Waals surface area contributed by atoms with Crippen molar-refractivity contribution in [1.29, 1.82) is 0 Å². The third kappa shape index (κ3) is 3.80. The van der Waals surface area contributed by atoms with Gasteiger partial charge < -0.3 is 10.1 Å². The van der Waals surface area contributed by atoms with Crippen LogP contribution in [-0.2, 0) is 19.4 Å². The van der Waals surface area contributed by atoms with Gasteiger partial charge in [-0.15, -0.1) is 0 Å². The summed E-state index contributed by atoms with van der Waals surface area (Å²) in [5.74, 6) is -3.87. The van der Waals surface area contributed by atoms with Crippen LogP contribution in [0.4, 0.5) is 14.5 Å². The van der Waals surface area contributed by atoms with Gasteiger partial charge in [-0.1, -0.05) is 0 Å². The Morgan fingerprint density at radius 3 is 2.00 bits per heavy atom. The first-order chi connectivity index (χ1) is 10.4. The Morgan fingerprint density at radius 2 is 1.61 bits per heavy atom. The average molecular weight is 349 g/mol. The molecule has 1 aromatic rings. The molecule has 0 saturated carbocycles. The van der Waals surface area contributed by atoms with Crippen molar-refractivity contribution in [2.75, 3.05) is 12.4 Å². The molecule has 23 heavy (non-hydrogen) atoms. The average Bonchev–Trinajstić information content (AvgIpc) is 2.46. The molecule has 0 fully saturated rings. The number of alkyl halides is 2. The minimum Gasteiger partial charge on any atom is -0.469 e. The van der Waals surface area contributed by atoms with Gasteiger partial charge in [-0.2, -0.15) is 8.78 Å². The fraction of sp³-hybridized carbons (Fsp3) is 0.533. The van der Waals surface area contributed by atoms with Gasteiger partial charge in [0, 0.05) is 11.2 Å². The molecule has 5 nitrogen and oxygen atoms in total. The highest BCUT2D eigenvalue weighted by Gasteiger charge is 2.44. The van der Waals surface area contributed by atoms with Crippen LogP contribution in [0.1, 0.15) is 27.7 Å². The van der Waals surface area contributed by atoms with E-state index in [4.69, 9.17) is 4.74 Å². The summed E-state index contributed by atoms with van der Waals surface area (Å²) < 4.78 is 52.6. The highest BCUT2D eigenvalue weighted by Crippen LogP contribution is 2.35. The molecule has 0 spiro atoms. The molecule has 0 amide bonds. The quantitative estimate of drug-likeness (QED) is 0.799. The lowest BCUT2D eigenvalue weighted by Gasteiger charge is -2.40. The second kappa shape index (κ2) is 6.43. The first-order valence-electron chi connectivity index (χ1n) is 6.85. The normalized spacial score (nSPS) is 13.0. The predicted molar refractivity (Wildman–Crippen MR) is 83.1 cm³/mol. The van der Waals surface area contributed by atoms with E-state index in [2.05, 4.69) is 5.32 Å². The Bertz CT molecular complexity index is 667. The summed E-state index contributed by atoms with van der Waals surface area (Å²) in [6.07, 6.45) is 0. The zero-order valence-electron chi connectivity index (χ0n) is 13.7. The molecule has 0 unspecified atom stereocenters. The van der Waals surface area contributed by atoms with Gasteiger partial charge in [0.1, 0.15) is 0 Å². The third-order valence-electron chi connectivity index (χ3n) is 4.13. The molecule has 0 aliphatic rings. The van der Waals surface area contributed by atoms with Crippen molar-refractivity contribution < 1.29 is 26.7 Å². The maximum Gasteiger partial charge on any atom is 0.341 e. The number of esters is 1. The topological polar surface area (TPSA) is 72.5 Å². The standard InChI is InChI=1S/C15H21F2NO4S/c1-14(2,12(19)22-5)15(3,4)18-10-6-8-11(9-7-10)23(20,21)13(16)17/h6-9,13,18H,1-5H3. The molecule has 0 heterocycles. The largest absolute Gasteiger partial charge is 0.469 e. The SMILES string of the molecule is COC(=O)C(C)(C)C(C)(C)Nc1ccc(S(=O)(=O)C(F)F)cc1. The van der Waals surface area contributed by atoms with Crippen LogP contribution in [0, 0.1) is 5.41 Å². The van der Waals surface area contributed by atoms with Crippen LogP contribution in [0.15, 0.2) is 29.2 Å². The third-order valence-corrected chi connectivity index (χ3v) is 5.53. The zero-order chi connectivity index (χ0) is 18.1. The van der Waals surface area contributed by atoms with Crippen LogP contribution >= 0.6 is 0 Å². The van der Waals surface area contributed by atoms with E-state index >= 15 is 0 Å². The van der Waals surface area contributed by atoms with E-state index in [1.54, 1.807) is 27.7 Å². The van der Waals surface area contributed by atoms with Gasteiger partial charge in [-0.05, 0) is 52.0 Å². The van der Waals surface area contributed by atoms with Crippen LogP contribution in [0.25, 0.3) is 0 Å². The molecule has 0 atom stereocenters. The maximum atomic E-state index is 12.5. The molecule has 8 heteroatoms. The lowest BCUT2D eigenvalue weighted by molar-refractivity contribution is -0.153. The molecular formula is C15H21F2NO4S. The number of methoxy groups -OCH3 is 1. The second-order valence-corrected chi connectivity index (χ2v) is 8.11. The van der Waals surface area contributed by atoms with Gasteiger partial charge in [-0.25, -0.2) is 8.42 Å². The van der Waals surface area contributed by atoms with Crippen molar-refractivity contribution in [2.24, 2.45) is 5.41 Å². The van der Waals surface area contributed by atoms with Crippen molar-refractivity contribution in [1.82, 2.24) is 0 Å². The van der Waals surface area contributed by atoms with E-state index in [0.29, 0.717) is 5.69 Å². The summed E-state index contributed by atoms with van der Waals surface area (Å²) in [5, 5.41) is 3.10. The van der Waals surface area contributed by atoms with Gasteiger partial charge >= 0.3 is 11.7 Å². The Hall–Kier alpha value is -1.70. The number of halogens is 2. The van der Waals surface area contributed by atoms with Crippen LogP contribution in [0.2, 0.25) is 0 Å². The van der Waals surface area contributed by atoms with Crippen LogP contribution in [-0.4, -0.2) is 32.8 Å². The van der Waals surface area contributed by atoms with Crippen LogP contribution < -0.4 is 5.32 Å². The first-order valence-corrected chi connectivity index (χ1v) is 8.39. The van der Waals surface area contributed by atoms with Gasteiger partial charge in [0.2, 0.25) is 9.84 Å². The summed E-state index contributed by atoms with van der Waals surface area (Å²) in [4.78, 5) is 11.5. The van der Waals surface area contributed by atoms with E-state index in [1.807, 2.05) is 0 Å². The molecule has 0 saturated heterocycles. The second-order valence-electron chi connectivity index (χ2n) is 6.20. The summed E-state index contributed by atoms with van der Waals surface area (Å²) in [6.45, 7) is 6.99. The van der Waals surface area contributed by atoms with Crippen LogP contribution in [0.5, 0.6) is 0 Å². The number of hydrogen-bond acceptors (Lipinski definition) is 5. The number of rotatable bonds is 6. The number of carbonyl (C=O) groups is 1. The van der Waals surface area contributed by atoms with Crippen molar-refractivity contribution in [2.45, 2.75) is 43.9 Å². The van der Waals surface area contributed by atoms with E-state index < -0.39 is 37.4 Å². The van der Waals surface area contributed by atoms with Gasteiger partial charge in [0.15, 0.2) is 0 Å². The molecule has 0 radical (unpaired) electrons. The summed E-state index contributed by atoms with van der Waals surface area (Å²) in [7, 11) is -3.32. The van der Waals surface area contributed by atoms with Crippen LogP contribution in [0.3, 0.4) is 0 Å². The highest BCUT2D eigenvalue weighted by molar-refractivity contribution is 7.91. The summed E-state index contributed by atoms with van der Waals surface area (Å²) in [6, 6.07) is 4.96. The lowest BCUT2D eigenvalue weighted by Crippen LogP contribution is -2.51. The van der Waals surface area contributed by atoms with E-state index in [9.17, 15) is 22.0 Å². The monoisotopic (exact) mass is 349 g/mol. The molecule has 1 aromatic carbocycles. The number of hydrogen-bond donors (Lipinski definition) is 1. The lowest BCUT2D eigenvalue weighted by atomic mass is 9.74. The van der Waals surface area contributed by atoms with Crippen molar-refractivity contribution in [3.05, 3.63) is 24.3 Å². The summed E-state index contributed by atoms with van der Waals surface area (Å²) >= 11 is 0. The predicted octanol–water partition coefficient (Wildman–Crippen LogP) is 3.07. The molecule has 1 rings (SSSR count). The van der Waals surface area contributed by atoms with Gasteiger partial charge in [0.05, 0.1) is 17.4 Å². The number of carbonyl (C=O) groups excluding carboxylic acids is 1. The van der Waals surface area contributed by atoms with Crippen molar-refractivity contribution in [3.8, 4) is 0 Å². The zero-order valence-corrected chi connectivity index (χ0v) is 14.5. The van der Waals surface area contributed by atoms with E-state index in [-0.39, 0.29) is 0 Å². The summed E-state index contributed by atoms with van der Waals surface area (Å²) in [5.41, 5.74) is -1.11. The molecule has 0 bridgehead atoms. The Balaban J connectivity index is 3.05. The molecular weight excluding hydrogens is 328 g/mol. The minimum atomic E-state index is -4.62. The van der Waals surface area contributed by atoms with Gasteiger partial charge in [-0.3, -0.25) is 4.79 Å². The number of nitrogens with one attached hydrogen (secondary N) is 1. The molecule has 130 valence electrons. The Morgan fingerprint density at radius 1 is 1.13 bits per heavy atom. The molecule has 1 N–H and O–H groups in total. The molecule has 0 aliphatic heterocycles. The number of benzene rings is 1. The van der Waals surface area contributed by atoms with Gasteiger partial charge in [0.25, 0.3) is 0 Å². The fourth-order valence-corrected chi connectivity index (χ4v) is 2.58. The Labute approximate surface area is 134 Å². The first kappa shape index (κ1) is 19.3. The van der Waals surface area contributed by atoms with Crippen molar-refractivity contribution in [3.63, 3.8) is 0 Å². The highest BCUT2D eigenvalue weighted by atomic mass is 32.2. The minimum absolute atomic E-state index is 0.410.